The first kappa shape index (κ1) is 18.7. The van der Waals surface area contributed by atoms with Crippen molar-refractivity contribution in [1.82, 2.24) is 8.97 Å². The van der Waals surface area contributed by atoms with Crippen LogP contribution in [0.25, 0.3) is 28.0 Å². The number of carbonyl (C=O) groups excluding carboxylic acids is 1. The van der Waals surface area contributed by atoms with Crippen molar-refractivity contribution in [2.24, 2.45) is 0 Å². The molecule has 0 radical (unpaired) electrons. The lowest BCUT2D eigenvalue weighted by Gasteiger charge is -2.09. The topological polar surface area (TPSA) is 35.6 Å². The number of ketones is 1. The number of aromatic nitrogens is 2. The van der Waals surface area contributed by atoms with E-state index in [1.54, 1.807) is 7.11 Å². The third kappa shape index (κ3) is 2.86. The van der Waals surface area contributed by atoms with Crippen LogP contribution in [0, 0.1) is 0 Å². The number of Topliss-reactive ketones (excluding diaryl/α,β-unsaturated/α-hetero) is 1. The third-order valence-electron chi connectivity index (χ3n) is 6.17. The van der Waals surface area contributed by atoms with Gasteiger partial charge in [0.05, 0.1) is 18.5 Å². The van der Waals surface area contributed by atoms with Gasteiger partial charge in [-0.1, -0.05) is 49.4 Å². The number of nitrogens with zero attached hydrogens (tertiary/aromatic N) is 2. The summed E-state index contributed by atoms with van der Waals surface area (Å²) in [6, 6.07) is 18.6. The lowest BCUT2D eigenvalue weighted by Crippen LogP contribution is -2.03. The predicted molar refractivity (Wildman–Crippen MR) is 120 cm³/mol. The molecule has 1 aliphatic rings. The molecule has 4 nitrogen and oxygen atoms in total. The summed E-state index contributed by atoms with van der Waals surface area (Å²) in [4.78, 5) is 13.2. The highest BCUT2D eigenvalue weighted by molar-refractivity contribution is 6.04. The van der Waals surface area contributed by atoms with E-state index in [0.717, 1.165) is 48.4 Å². The van der Waals surface area contributed by atoms with E-state index in [0.29, 0.717) is 6.42 Å². The molecule has 5 rings (SSSR count). The van der Waals surface area contributed by atoms with Gasteiger partial charge in [-0.15, -0.1) is 0 Å². The van der Waals surface area contributed by atoms with Gasteiger partial charge in [0.15, 0.2) is 5.78 Å². The van der Waals surface area contributed by atoms with Crippen LogP contribution < -0.4 is 4.74 Å². The second-order valence-electron chi connectivity index (χ2n) is 7.89. The Morgan fingerprint density at radius 2 is 1.77 bits per heavy atom. The normalized spacial score (nSPS) is 13.4. The minimum Gasteiger partial charge on any atom is -0.497 e. The molecule has 0 spiro atoms. The minimum absolute atomic E-state index is 0.180. The zero-order valence-corrected chi connectivity index (χ0v) is 17.5. The molecule has 0 saturated heterocycles. The molecule has 30 heavy (non-hydrogen) atoms. The van der Waals surface area contributed by atoms with Crippen molar-refractivity contribution in [2.75, 3.05) is 7.11 Å². The lowest BCUT2D eigenvalue weighted by molar-refractivity contribution is 0.0983. The van der Waals surface area contributed by atoms with Crippen LogP contribution in [-0.4, -0.2) is 21.9 Å². The fraction of sp³-hybridized carbons (Fsp3) is 0.269. The Morgan fingerprint density at radius 1 is 1.00 bits per heavy atom. The molecule has 4 aromatic rings. The van der Waals surface area contributed by atoms with Crippen molar-refractivity contribution in [2.45, 2.75) is 39.2 Å². The maximum Gasteiger partial charge on any atom is 0.179 e. The molecule has 0 unspecified atom stereocenters. The molecule has 0 atom stereocenters. The number of imidazole rings is 1. The average molecular weight is 399 g/mol. The van der Waals surface area contributed by atoms with E-state index in [-0.39, 0.29) is 5.78 Å². The standard InChI is InChI=1S/C26H26N2O2/c1-3-23(29)25-24(19-12-14-20(30-2)15-13-19)21-11-7-8-16-27-22(17-28(25)26(21)27)18-9-5-4-6-10-18/h4-6,9-10,12-15,17H,3,7-8,11,16H2,1-2H3. The highest BCUT2D eigenvalue weighted by atomic mass is 16.5. The molecule has 2 aromatic heterocycles. The van der Waals surface area contributed by atoms with E-state index in [9.17, 15) is 4.79 Å². The summed E-state index contributed by atoms with van der Waals surface area (Å²) < 4.78 is 9.92. The first-order chi connectivity index (χ1) is 14.7. The summed E-state index contributed by atoms with van der Waals surface area (Å²) >= 11 is 0. The molecular formula is C26H26N2O2. The summed E-state index contributed by atoms with van der Waals surface area (Å²) in [6.07, 6.45) is 5.90. The van der Waals surface area contributed by atoms with Crippen LogP contribution in [-0.2, 0) is 13.0 Å². The van der Waals surface area contributed by atoms with Crippen LogP contribution >= 0.6 is 0 Å². The van der Waals surface area contributed by atoms with E-state index < -0.39 is 0 Å². The number of hydrogen-bond acceptors (Lipinski definition) is 2. The first-order valence-corrected chi connectivity index (χ1v) is 10.7. The third-order valence-corrected chi connectivity index (χ3v) is 6.17. The van der Waals surface area contributed by atoms with Gasteiger partial charge in [0.1, 0.15) is 11.4 Å². The average Bonchev–Trinajstić information content (AvgIpc) is 3.22. The van der Waals surface area contributed by atoms with Crippen molar-refractivity contribution in [3.63, 3.8) is 0 Å². The maximum absolute atomic E-state index is 13.2. The number of carbonyl (C=O) groups is 1. The van der Waals surface area contributed by atoms with Gasteiger partial charge in [-0.25, -0.2) is 0 Å². The molecular weight excluding hydrogens is 372 g/mol. The Kier molecular flexibility index (Phi) is 4.70. The zero-order valence-electron chi connectivity index (χ0n) is 17.5. The van der Waals surface area contributed by atoms with E-state index >= 15 is 0 Å². The van der Waals surface area contributed by atoms with E-state index in [1.807, 2.05) is 25.1 Å². The van der Waals surface area contributed by atoms with Crippen molar-refractivity contribution in [3.05, 3.63) is 72.1 Å². The minimum atomic E-state index is 0.180. The van der Waals surface area contributed by atoms with Gasteiger partial charge in [0.25, 0.3) is 0 Å². The van der Waals surface area contributed by atoms with Crippen molar-refractivity contribution >= 4 is 11.4 Å². The number of ether oxygens (including phenoxy) is 1. The zero-order chi connectivity index (χ0) is 20.7. The quantitative estimate of drug-likeness (QED) is 0.386. The highest BCUT2D eigenvalue weighted by Gasteiger charge is 2.28. The van der Waals surface area contributed by atoms with Crippen molar-refractivity contribution in [1.29, 1.82) is 0 Å². The van der Waals surface area contributed by atoms with Gasteiger partial charge in [-0.05, 0) is 42.5 Å². The second-order valence-corrected chi connectivity index (χ2v) is 7.89. The van der Waals surface area contributed by atoms with E-state index in [4.69, 9.17) is 4.74 Å². The Morgan fingerprint density at radius 3 is 2.47 bits per heavy atom. The van der Waals surface area contributed by atoms with Crippen molar-refractivity contribution in [3.8, 4) is 28.1 Å². The van der Waals surface area contributed by atoms with Gasteiger partial charge in [-0.2, -0.15) is 0 Å². The summed E-state index contributed by atoms with van der Waals surface area (Å²) in [5.74, 6) is 1.01. The summed E-state index contributed by atoms with van der Waals surface area (Å²) in [7, 11) is 1.68. The lowest BCUT2D eigenvalue weighted by atomic mass is 9.96. The summed E-state index contributed by atoms with van der Waals surface area (Å²) in [5, 5.41) is 0. The molecule has 0 bridgehead atoms. The Labute approximate surface area is 176 Å². The molecule has 0 aliphatic carbocycles. The van der Waals surface area contributed by atoms with Crippen LogP contribution in [0.4, 0.5) is 0 Å². The number of methoxy groups -OCH3 is 1. The highest BCUT2D eigenvalue weighted by Crippen LogP contribution is 2.40. The molecule has 152 valence electrons. The SMILES string of the molecule is CCC(=O)c1c(-c2ccc(OC)cc2)c2c3n(c(-c4ccccc4)cn13)CCCC2. The van der Waals surface area contributed by atoms with Crippen molar-refractivity contribution < 1.29 is 9.53 Å². The second kappa shape index (κ2) is 7.52. The number of benzene rings is 2. The largest absolute Gasteiger partial charge is 0.497 e. The van der Waals surface area contributed by atoms with Gasteiger partial charge in [0.2, 0.25) is 0 Å². The van der Waals surface area contributed by atoms with Gasteiger partial charge < -0.3 is 9.30 Å². The van der Waals surface area contributed by atoms with Gasteiger partial charge >= 0.3 is 0 Å². The smallest absolute Gasteiger partial charge is 0.179 e. The van der Waals surface area contributed by atoms with E-state index in [2.05, 4.69) is 51.6 Å². The van der Waals surface area contributed by atoms with Crippen LogP contribution in [0.1, 0.15) is 42.2 Å². The molecule has 1 aliphatic heterocycles. The first-order valence-electron chi connectivity index (χ1n) is 10.7. The number of aryl methyl sites for hydroxylation is 2. The Hall–Kier alpha value is -3.27. The van der Waals surface area contributed by atoms with Crippen LogP contribution in [0.5, 0.6) is 5.75 Å². The van der Waals surface area contributed by atoms with Crippen LogP contribution in [0.3, 0.4) is 0 Å². The Balaban J connectivity index is 1.83. The fourth-order valence-electron chi connectivity index (χ4n) is 4.74. The predicted octanol–water partition coefficient (Wildman–Crippen LogP) is 6.01. The molecule has 0 saturated carbocycles. The summed E-state index contributed by atoms with van der Waals surface area (Å²) in [6.45, 7) is 2.92. The number of hydrogen-bond donors (Lipinski definition) is 0. The number of rotatable bonds is 5. The Bertz CT molecular complexity index is 1210. The molecule has 0 N–H and O–H groups in total. The fourth-order valence-corrected chi connectivity index (χ4v) is 4.74. The van der Waals surface area contributed by atoms with Crippen LogP contribution in [0.2, 0.25) is 0 Å². The van der Waals surface area contributed by atoms with E-state index in [1.165, 1.54) is 22.5 Å². The maximum atomic E-state index is 13.2. The van der Waals surface area contributed by atoms with Gasteiger partial charge in [-0.3, -0.25) is 9.20 Å². The molecule has 0 amide bonds. The molecule has 3 heterocycles. The monoisotopic (exact) mass is 398 g/mol. The molecule has 0 fully saturated rings. The summed E-state index contributed by atoms with van der Waals surface area (Å²) in [5.41, 5.74) is 7.82. The van der Waals surface area contributed by atoms with Crippen LogP contribution in [0.15, 0.2) is 60.8 Å². The molecule has 2 aromatic carbocycles. The van der Waals surface area contributed by atoms with Gasteiger partial charge in [0, 0.05) is 30.3 Å². The molecule has 4 heteroatoms.